The lowest BCUT2D eigenvalue weighted by molar-refractivity contribution is -0.115. The molecule has 0 aliphatic heterocycles. The van der Waals surface area contributed by atoms with Crippen molar-refractivity contribution in [2.24, 2.45) is 0 Å². The molecule has 1 aromatic carbocycles. The smallest absolute Gasteiger partial charge is 0.341 e. The van der Waals surface area contributed by atoms with Crippen LogP contribution in [0.3, 0.4) is 0 Å². The number of nitrogens with zero attached hydrogens (tertiary/aromatic N) is 4. The molecule has 0 fully saturated rings. The zero-order valence-electron chi connectivity index (χ0n) is 17.4. The first-order valence-electron chi connectivity index (χ1n) is 9.80. The minimum atomic E-state index is -0.475. The van der Waals surface area contributed by atoms with E-state index in [2.05, 4.69) is 20.4 Å². The van der Waals surface area contributed by atoms with Gasteiger partial charge in [0.15, 0.2) is 5.82 Å². The molecule has 0 spiro atoms. The van der Waals surface area contributed by atoms with E-state index in [0.29, 0.717) is 22.2 Å². The van der Waals surface area contributed by atoms with Crippen LogP contribution in [0.15, 0.2) is 42.5 Å². The molecule has 158 valence electrons. The molecule has 0 saturated heterocycles. The fourth-order valence-electron chi connectivity index (χ4n) is 3.19. The number of thiophene rings is 1. The second kappa shape index (κ2) is 8.65. The van der Waals surface area contributed by atoms with Crippen LogP contribution in [-0.2, 0) is 16.0 Å². The maximum absolute atomic E-state index is 12.7. The van der Waals surface area contributed by atoms with Crippen molar-refractivity contribution in [2.45, 2.75) is 27.2 Å². The van der Waals surface area contributed by atoms with Gasteiger partial charge in [-0.05, 0) is 38.5 Å². The van der Waals surface area contributed by atoms with Crippen LogP contribution in [0.25, 0.3) is 16.2 Å². The van der Waals surface area contributed by atoms with Crippen LogP contribution in [0.1, 0.15) is 34.5 Å². The third-order valence-electron chi connectivity index (χ3n) is 4.52. The Balaban J connectivity index is 1.59. The van der Waals surface area contributed by atoms with E-state index in [9.17, 15) is 9.59 Å². The molecule has 3 heterocycles. The van der Waals surface area contributed by atoms with E-state index >= 15 is 0 Å². The molecular weight excluding hydrogens is 414 g/mol. The number of esters is 1. The molecule has 4 rings (SSSR count). The van der Waals surface area contributed by atoms with Gasteiger partial charge in [0.2, 0.25) is 5.91 Å². The number of anilines is 1. The largest absolute Gasteiger partial charge is 0.462 e. The summed E-state index contributed by atoms with van der Waals surface area (Å²) >= 11 is 1.32. The standard InChI is InChI=1S/C22H21N5O3S/c1-4-30-21(29)16-11-17(15-8-6-5-7-9-15)31-20(16)25-19(28)12-18-24-22-23-13(2)10-14(3)27(22)26-18/h5-11H,4,12H2,1-3H3,(H,25,28). The Morgan fingerprint density at radius 2 is 1.90 bits per heavy atom. The normalized spacial score (nSPS) is 10.9. The molecule has 1 N–H and O–H groups in total. The first kappa shape index (κ1) is 20.7. The van der Waals surface area contributed by atoms with Gasteiger partial charge in [-0.1, -0.05) is 30.3 Å². The van der Waals surface area contributed by atoms with Crippen molar-refractivity contribution >= 4 is 34.0 Å². The summed E-state index contributed by atoms with van der Waals surface area (Å²) in [7, 11) is 0. The highest BCUT2D eigenvalue weighted by molar-refractivity contribution is 7.20. The number of benzene rings is 1. The molecule has 31 heavy (non-hydrogen) atoms. The average Bonchev–Trinajstić information content (AvgIpc) is 3.33. The second-order valence-corrected chi connectivity index (χ2v) is 8.00. The zero-order valence-corrected chi connectivity index (χ0v) is 18.2. The van der Waals surface area contributed by atoms with Gasteiger partial charge in [0.05, 0.1) is 18.6 Å². The van der Waals surface area contributed by atoms with Gasteiger partial charge < -0.3 is 10.1 Å². The van der Waals surface area contributed by atoms with Gasteiger partial charge in [0, 0.05) is 16.3 Å². The quantitative estimate of drug-likeness (QED) is 0.462. The summed E-state index contributed by atoms with van der Waals surface area (Å²) in [5.74, 6) is 0.0147. The van der Waals surface area contributed by atoms with Gasteiger partial charge in [-0.25, -0.2) is 14.3 Å². The van der Waals surface area contributed by atoms with Crippen molar-refractivity contribution in [2.75, 3.05) is 11.9 Å². The van der Waals surface area contributed by atoms with Crippen LogP contribution in [0, 0.1) is 13.8 Å². The number of rotatable bonds is 6. The van der Waals surface area contributed by atoms with Gasteiger partial charge in [-0.2, -0.15) is 4.98 Å². The number of amides is 1. The highest BCUT2D eigenvalue weighted by atomic mass is 32.1. The highest BCUT2D eigenvalue weighted by Gasteiger charge is 2.21. The van der Waals surface area contributed by atoms with E-state index in [1.54, 1.807) is 17.5 Å². The van der Waals surface area contributed by atoms with Crippen molar-refractivity contribution in [3.8, 4) is 10.4 Å². The number of aryl methyl sites for hydroxylation is 2. The molecule has 0 bridgehead atoms. The van der Waals surface area contributed by atoms with Crippen LogP contribution in [-0.4, -0.2) is 38.1 Å². The summed E-state index contributed by atoms with van der Waals surface area (Å²) in [6.07, 6.45) is -0.0390. The number of aromatic nitrogens is 4. The molecule has 1 amide bonds. The van der Waals surface area contributed by atoms with Crippen LogP contribution in [0.4, 0.5) is 5.00 Å². The molecule has 0 radical (unpaired) electrons. The molecule has 3 aromatic heterocycles. The van der Waals surface area contributed by atoms with Crippen molar-refractivity contribution in [3.05, 3.63) is 65.2 Å². The molecular formula is C22H21N5O3S. The summed E-state index contributed by atoms with van der Waals surface area (Å²) in [5.41, 5.74) is 3.00. The van der Waals surface area contributed by atoms with E-state index < -0.39 is 5.97 Å². The third kappa shape index (κ3) is 4.46. The first-order valence-corrected chi connectivity index (χ1v) is 10.6. The lowest BCUT2D eigenvalue weighted by Gasteiger charge is -2.04. The van der Waals surface area contributed by atoms with E-state index in [-0.39, 0.29) is 18.9 Å². The molecule has 0 aliphatic rings. The average molecular weight is 436 g/mol. The van der Waals surface area contributed by atoms with Gasteiger partial charge in [-0.15, -0.1) is 16.4 Å². The summed E-state index contributed by atoms with van der Waals surface area (Å²) in [6, 6.07) is 13.3. The Morgan fingerprint density at radius 1 is 1.13 bits per heavy atom. The van der Waals surface area contributed by atoms with Gasteiger partial charge in [0.25, 0.3) is 5.78 Å². The SMILES string of the molecule is CCOC(=O)c1cc(-c2ccccc2)sc1NC(=O)Cc1nc2nc(C)cc(C)n2n1. The van der Waals surface area contributed by atoms with Crippen molar-refractivity contribution < 1.29 is 14.3 Å². The van der Waals surface area contributed by atoms with Gasteiger partial charge >= 0.3 is 5.97 Å². The molecule has 9 heteroatoms. The van der Waals surface area contributed by atoms with Gasteiger partial charge in [0.1, 0.15) is 5.00 Å². The second-order valence-electron chi connectivity index (χ2n) is 6.94. The van der Waals surface area contributed by atoms with E-state index in [4.69, 9.17) is 4.74 Å². The summed E-state index contributed by atoms with van der Waals surface area (Å²) in [5, 5.41) is 7.64. The van der Waals surface area contributed by atoms with E-state index in [1.807, 2.05) is 50.2 Å². The molecule has 0 saturated carbocycles. The first-order chi connectivity index (χ1) is 14.9. The predicted molar refractivity (Wildman–Crippen MR) is 118 cm³/mol. The Bertz CT molecular complexity index is 1260. The summed E-state index contributed by atoms with van der Waals surface area (Å²) < 4.78 is 6.77. The van der Waals surface area contributed by atoms with E-state index in [0.717, 1.165) is 21.8 Å². The molecule has 0 aliphatic carbocycles. The number of fused-ring (bicyclic) bond motifs is 1. The zero-order chi connectivity index (χ0) is 22.0. The topological polar surface area (TPSA) is 98.5 Å². The van der Waals surface area contributed by atoms with Crippen LogP contribution in [0.5, 0.6) is 0 Å². The van der Waals surface area contributed by atoms with Crippen molar-refractivity contribution in [1.82, 2.24) is 19.6 Å². The Labute approximate surface area is 182 Å². The summed E-state index contributed by atoms with van der Waals surface area (Å²) in [4.78, 5) is 34.7. The Kier molecular flexibility index (Phi) is 5.77. The maximum atomic E-state index is 12.7. The lowest BCUT2D eigenvalue weighted by Crippen LogP contribution is -2.17. The molecule has 0 unspecified atom stereocenters. The number of nitrogens with one attached hydrogen (secondary N) is 1. The van der Waals surface area contributed by atoms with Crippen molar-refractivity contribution in [3.63, 3.8) is 0 Å². The minimum absolute atomic E-state index is 0.0390. The predicted octanol–water partition coefficient (Wildman–Crippen LogP) is 3.83. The molecule has 8 nitrogen and oxygen atoms in total. The monoisotopic (exact) mass is 435 g/mol. The number of carbonyl (C=O) groups is 2. The number of ether oxygens (including phenoxy) is 1. The highest BCUT2D eigenvalue weighted by Crippen LogP contribution is 2.36. The maximum Gasteiger partial charge on any atom is 0.341 e. The van der Waals surface area contributed by atoms with Crippen molar-refractivity contribution in [1.29, 1.82) is 0 Å². The fraction of sp³-hybridized carbons (Fsp3) is 0.227. The van der Waals surface area contributed by atoms with Crippen LogP contribution in [0.2, 0.25) is 0 Å². The third-order valence-corrected chi connectivity index (χ3v) is 5.62. The molecule has 0 atom stereocenters. The fourth-order valence-corrected chi connectivity index (χ4v) is 4.25. The Morgan fingerprint density at radius 3 is 2.65 bits per heavy atom. The molecule has 4 aromatic rings. The van der Waals surface area contributed by atoms with Gasteiger partial charge in [-0.3, -0.25) is 4.79 Å². The summed E-state index contributed by atoms with van der Waals surface area (Å²) in [6.45, 7) is 5.78. The number of hydrogen-bond acceptors (Lipinski definition) is 7. The minimum Gasteiger partial charge on any atom is -0.462 e. The Hall–Kier alpha value is -3.59. The number of carbonyl (C=O) groups excluding carboxylic acids is 2. The van der Waals surface area contributed by atoms with E-state index in [1.165, 1.54) is 11.3 Å². The number of hydrogen-bond donors (Lipinski definition) is 1. The lowest BCUT2D eigenvalue weighted by atomic mass is 10.1. The van der Waals surface area contributed by atoms with Crippen LogP contribution >= 0.6 is 11.3 Å². The van der Waals surface area contributed by atoms with Crippen LogP contribution < -0.4 is 5.32 Å².